The summed E-state index contributed by atoms with van der Waals surface area (Å²) in [4.78, 5) is 4.50. The summed E-state index contributed by atoms with van der Waals surface area (Å²) in [6.45, 7) is 11.8. The lowest BCUT2D eigenvalue weighted by molar-refractivity contribution is 0.0344. The molecule has 0 spiro atoms. The van der Waals surface area contributed by atoms with Crippen LogP contribution in [0.25, 0.3) is 0 Å². The molecule has 0 saturated carbocycles. The Morgan fingerprint density at radius 1 is 1.29 bits per heavy atom. The van der Waals surface area contributed by atoms with Gasteiger partial charge in [0.05, 0.1) is 6.04 Å². The quantitative estimate of drug-likeness (QED) is 0.753. The molecule has 0 bridgehead atoms. The molecule has 0 aromatic heterocycles. The number of hydrogen-bond acceptors (Lipinski definition) is 2. The molecule has 0 aromatic carbocycles. The van der Waals surface area contributed by atoms with Gasteiger partial charge < -0.3 is 4.90 Å². The molecule has 0 amide bonds. The van der Waals surface area contributed by atoms with Crippen LogP contribution < -0.4 is 0 Å². The molecule has 0 aromatic rings. The van der Waals surface area contributed by atoms with Crippen LogP contribution in [0.3, 0.4) is 0 Å². The van der Waals surface area contributed by atoms with Crippen molar-refractivity contribution < 1.29 is 4.39 Å². The van der Waals surface area contributed by atoms with Gasteiger partial charge in [0, 0.05) is 18.1 Å². The lowest BCUT2D eigenvalue weighted by Gasteiger charge is -2.43. The van der Waals surface area contributed by atoms with E-state index in [0.29, 0.717) is 18.4 Å². The van der Waals surface area contributed by atoms with Crippen molar-refractivity contribution in [3.63, 3.8) is 0 Å². The Hall–Kier alpha value is -0.150. The predicted octanol–water partition coefficient (Wildman–Crippen LogP) is 2.78. The minimum atomic E-state index is -0.691. The lowest BCUT2D eigenvalue weighted by atomic mass is 9.97. The molecule has 0 N–H and O–H groups in total. The van der Waals surface area contributed by atoms with Gasteiger partial charge in [0.1, 0.15) is 6.17 Å². The fourth-order valence-corrected chi connectivity index (χ4v) is 3.09. The van der Waals surface area contributed by atoms with E-state index >= 15 is 0 Å². The molecule has 2 nitrogen and oxygen atoms in total. The van der Waals surface area contributed by atoms with E-state index in [1.807, 2.05) is 14.1 Å². The zero-order chi connectivity index (χ0) is 13.4. The fourth-order valence-electron chi connectivity index (χ4n) is 3.09. The second kappa shape index (κ2) is 5.23. The molecule has 0 unspecified atom stereocenters. The van der Waals surface area contributed by atoms with Crippen molar-refractivity contribution in [3.05, 3.63) is 0 Å². The van der Waals surface area contributed by atoms with Crippen LogP contribution >= 0.6 is 0 Å². The van der Waals surface area contributed by atoms with Gasteiger partial charge in [-0.05, 0) is 47.2 Å². The van der Waals surface area contributed by atoms with E-state index in [4.69, 9.17) is 0 Å². The SMILES string of the molecule is CC(C)[C@@H]1C[C@@H](F)[C@H](CN(C)C)N1C(C)(C)C. The van der Waals surface area contributed by atoms with Gasteiger partial charge in [-0.1, -0.05) is 13.8 Å². The Bertz CT molecular complexity index is 245. The minimum Gasteiger partial charge on any atom is -0.308 e. The van der Waals surface area contributed by atoms with E-state index in [2.05, 4.69) is 44.4 Å². The Balaban J connectivity index is 2.93. The number of likely N-dealkylation sites (tertiary alicyclic amines) is 1. The summed E-state index contributed by atoms with van der Waals surface area (Å²) >= 11 is 0. The lowest BCUT2D eigenvalue weighted by Crippen LogP contribution is -2.54. The highest BCUT2D eigenvalue weighted by Crippen LogP contribution is 2.37. The first kappa shape index (κ1) is 14.9. The summed E-state index contributed by atoms with van der Waals surface area (Å²) in [5, 5.41) is 0. The second-order valence-corrected chi connectivity index (χ2v) is 6.97. The first-order chi connectivity index (χ1) is 7.64. The molecule has 1 heterocycles. The van der Waals surface area contributed by atoms with Crippen LogP contribution in [0.15, 0.2) is 0 Å². The Morgan fingerprint density at radius 3 is 2.18 bits per heavy atom. The zero-order valence-corrected chi connectivity index (χ0v) is 12.5. The van der Waals surface area contributed by atoms with E-state index in [1.54, 1.807) is 0 Å². The van der Waals surface area contributed by atoms with Crippen LogP contribution in [0.4, 0.5) is 4.39 Å². The molecule has 1 saturated heterocycles. The van der Waals surface area contributed by atoms with Crippen LogP contribution in [0, 0.1) is 5.92 Å². The maximum atomic E-state index is 14.3. The van der Waals surface area contributed by atoms with Crippen molar-refractivity contribution in [1.82, 2.24) is 9.80 Å². The van der Waals surface area contributed by atoms with E-state index < -0.39 is 6.17 Å². The summed E-state index contributed by atoms with van der Waals surface area (Å²) in [6, 6.07) is 0.410. The van der Waals surface area contributed by atoms with Crippen LogP contribution in [0.1, 0.15) is 41.0 Å². The predicted molar refractivity (Wildman–Crippen MR) is 72.1 cm³/mol. The van der Waals surface area contributed by atoms with E-state index in [0.717, 1.165) is 6.54 Å². The highest BCUT2D eigenvalue weighted by molar-refractivity contribution is 5.01. The monoisotopic (exact) mass is 244 g/mol. The third-order valence-electron chi connectivity index (χ3n) is 3.70. The van der Waals surface area contributed by atoms with Crippen molar-refractivity contribution in [2.24, 2.45) is 5.92 Å². The molecule has 0 radical (unpaired) electrons. The number of alkyl halides is 1. The molecular formula is C14H29FN2. The smallest absolute Gasteiger partial charge is 0.118 e. The van der Waals surface area contributed by atoms with Gasteiger partial charge in [-0.15, -0.1) is 0 Å². The van der Waals surface area contributed by atoms with Crippen molar-refractivity contribution >= 4 is 0 Å². The molecule has 3 atom stereocenters. The van der Waals surface area contributed by atoms with Gasteiger partial charge in [-0.3, -0.25) is 4.90 Å². The van der Waals surface area contributed by atoms with Gasteiger partial charge >= 0.3 is 0 Å². The third-order valence-corrected chi connectivity index (χ3v) is 3.70. The average molecular weight is 244 g/mol. The van der Waals surface area contributed by atoms with Crippen molar-refractivity contribution in [1.29, 1.82) is 0 Å². The first-order valence-electron chi connectivity index (χ1n) is 6.71. The van der Waals surface area contributed by atoms with Gasteiger partial charge in [0.15, 0.2) is 0 Å². The van der Waals surface area contributed by atoms with Crippen LogP contribution in [-0.4, -0.2) is 54.2 Å². The van der Waals surface area contributed by atoms with Crippen molar-refractivity contribution in [3.8, 4) is 0 Å². The number of halogens is 1. The summed E-state index contributed by atoms with van der Waals surface area (Å²) < 4.78 is 14.3. The minimum absolute atomic E-state index is 0.0381. The number of likely N-dealkylation sites (N-methyl/N-ethyl adjacent to an activating group) is 1. The van der Waals surface area contributed by atoms with E-state index in [1.165, 1.54) is 0 Å². The highest BCUT2D eigenvalue weighted by Gasteiger charge is 2.47. The van der Waals surface area contributed by atoms with Gasteiger partial charge in [0.25, 0.3) is 0 Å². The van der Waals surface area contributed by atoms with Crippen LogP contribution in [0.2, 0.25) is 0 Å². The van der Waals surface area contributed by atoms with E-state index in [-0.39, 0.29) is 11.6 Å². The molecule has 3 heteroatoms. The zero-order valence-electron chi connectivity index (χ0n) is 12.5. The average Bonchev–Trinajstić information content (AvgIpc) is 2.42. The molecule has 1 aliphatic rings. The summed E-state index contributed by atoms with van der Waals surface area (Å²) in [7, 11) is 4.05. The molecule has 1 rings (SSSR count). The summed E-state index contributed by atoms with van der Waals surface area (Å²) in [5.74, 6) is 0.514. The third kappa shape index (κ3) is 3.41. The topological polar surface area (TPSA) is 6.48 Å². The molecule has 1 fully saturated rings. The Morgan fingerprint density at radius 2 is 1.82 bits per heavy atom. The number of hydrogen-bond donors (Lipinski definition) is 0. The number of rotatable bonds is 3. The van der Waals surface area contributed by atoms with Crippen molar-refractivity contribution in [2.45, 2.75) is 64.8 Å². The van der Waals surface area contributed by atoms with Crippen LogP contribution in [0.5, 0.6) is 0 Å². The summed E-state index contributed by atoms with van der Waals surface area (Å²) in [6.07, 6.45) is -0.00278. The van der Waals surface area contributed by atoms with Gasteiger partial charge in [-0.25, -0.2) is 4.39 Å². The summed E-state index contributed by atoms with van der Waals surface area (Å²) in [5.41, 5.74) is 0.0381. The molecule has 17 heavy (non-hydrogen) atoms. The van der Waals surface area contributed by atoms with Gasteiger partial charge in [0.2, 0.25) is 0 Å². The normalized spacial score (nSPS) is 31.8. The van der Waals surface area contributed by atoms with Crippen molar-refractivity contribution in [2.75, 3.05) is 20.6 Å². The largest absolute Gasteiger partial charge is 0.308 e. The maximum Gasteiger partial charge on any atom is 0.118 e. The van der Waals surface area contributed by atoms with E-state index in [9.17, 15) is 4.39 Å². The maximum absolute atomic E-state index is 14.3. The van der Waals surface area contributed by atoms with Gasteiger partial charge in [-0.2, -0.15) is 0 Å². The fraction of sp³-hybridized carbons (Fsp3) is 1.00. The standard InChI is InChI=1S/C14H29FN2/c1-10(2)12-8-11(15)13(9-16(6)7)17(12)14(3,4)5/h10-13H,8-9H2,1-7H3/t11-,12+,13+/m1/s1. The molecular weight excluding hydrogens is 215 g/mol. The first-order valence-corrected chi connectivity index (χ1v) is 6.71. The second-order valence-electron chi connectivity index (χ2n) is 6.97. The van der Waals surface area contributed by atoms with Crippen LogP contribution in [-0.2, 0) is 0 Å². The highest BCUT2D eigenvalue weighted by atomic mass is 19.1. The molecule has 1 aliphatic heterocycles. The molecule has 0 aliphatic carbocycles. The Labute approximate surface area is 106 Å². The molecule has 102 valence electrons. The Kier molecular flexibility index (Phi) is 4.59. The number of nitrogens with zero attached hydrogens (tertiary/aromatic N) is 2.